The molecule has 1 amide bonds. The van der Waals surface area contributed by atoms with E-state index in [-0.39, 0.29) is 34.3 Å². The zero-order valence-electron chi connectivity index (χ0n) is 20.3. The van der Waals surface area contributed by atoms with Gasteiger partial charge in [0.1, 0.15) is 5.65 Å². The molecule has 1 aliphatic carbocycles. The number of nitrogens with zero attached hydrogens (tertiary/aromatic N) is 3. The molecule has 1 saturated heterocycles. The Hall–Kier alpha value is -3.25. The molecule has 2 aromatic rings. The number of carbonyl (C=O) groups is 2. The third-order valence-corrected chi connectivity index (χ3v) is 6.90. The van der Waals surface area contributed by atoms with Crippen LogP contribution >= 0.6 is 0 Å². The number of nitrogens with two attached hydrogens (primary N) is 2. The molecule has 1 aliphatic heterocycles. The highest BCUT2D eigenvalue weighted by molar-refractivity contribution is 5.81. The minimum atomic E-state index is -1.61. The van der Waals surface area contributed by atoms with Crippen molar-refractivity contribution in [2.75, 3.05) is 31.1 Å². The second-order valence-electron chi connectivity index (χ2n) is 10.1. The normalized spacial score (nSPS) is 20.5. The smallest absolute Gasteiger partial charge is 0.449 e. The monoisotopic (exact) mass is 504 g/mol. The number of carboxylic acid groups (broad SMARTS) is 1. The summed E-state index contributed by atoms with van der Waals surface area (Å²) in [5, 5.41) is 11.9. The summed E-state index contributed by atoms with van der Waals surface area (Å²) in [6.45, 7) is 3.96. The van der Waals surface area contributed by atoms with Gasteiger partial charge in [-0.3, -0.25) is 9.59 Å². The fourth-order valence-corrected chi connectivity index (χ4v) is 4.65. The van der Waals surface area contributed by atoms with Crippen LogP contribution in [0.1, 0.15) is 51.5 Å². The van der Waals surface area contributed by atoms with Crippen LogP contribution in [0.4, 0.5) is 15.0 Å². The summed E-state index contributed by atoms with van der Waals surface area (Å²) in [6.07, 6.45) is 4.29. The van der Waals surface area contributed by atoms with Crippen LogP contribution in [0.5, 0.6) is 5.75 Å². The number of nitrogens with one attached hydrogen (secondary N) is 1. The number of pyridine rings is 2. The fourth-order valence-electron chi connectivity index (χ4n) is 4.65. The number of hydrogen-bond acceptors (Lipinski definition) is 8. The van der Waals surface area contributed by atoms with E-state index in [9.17, 15) is 14.4 Å². The van der Waals surface area contributed by atoms with Crippen LogP contribution in [0.25, 0.3) is 11.0 Å². The standard InChI is InChI=1S/C24H33FN6O5/c1-24(12-28-22(33)17(27)4-2-3-8-26)7-9-30(13-24)21-16(25)10-15-19(32)18(36-23(34)35)11-31(14-5-6-14)20(15)29-21/h10-11,14,17H,2-9,12-13,26-27H2,1H3,(H,28,33)(H,34,35). The van der Waals surface area contributed by atoms with Gasteiger partial charge in [-0.2, -0.15) is 0 Å². The second kappa shape index (κ2) is 10.4. The summed E-state index contributed by atoms with van der Waals surface area (Å²) in [7, 11) is 0. The van der Waals surface area contributed by atoms with Crippen LogP contribution in [-0.2, 0) is 4.79 Å². The number of hydrogen-bond donors (Lipinski definition) is 4. The molecule has 0 spiro atoms. The molecular formula is C24H33FN6O5. The molecule has 2 fully saturated rings. The van der Waals surface area contributed by atoms with Crippen molar-refractivity contribution in [2.24, 2.45) is 16.9 Å². The maximum Gasteiger partial charge on any atom is 0.511 e. The molecule has 3 heterocycles. The molecule has 12 heteroatoms. The van der Waals surface area contributed by atoms with Crippen molar-refractivity contribution in [2.45, 2.75) is 57.5 Å². The summed E-state index contributed by atoms with van der Waals surface area (Å²) in [5.41, 5.74) is 10.7. The number of fused-ring (bicyclic) bond motifs is 1. The van der Waals surface area contributed by atoms with Gasteiger partial charge in [-0.25, -0.2) is 14.2 Å². The van der Waals surface area contributed by atoms with Crippen LogP contribution in [0, 0.1) is 11.2 Å². The van der Waals surface area contributed by atoms with Gasteiger partial charge in [0.25, 0.3) is 0 Å². The molecule has 2 aromatic heterocycles. The number of unbranched alkanes of at least 4 members (excludes halogenated alkanes) is 1. The van der Waals surface area contributed by atoms with Gasteiger partial charge in [-0.15, -0.1) is 0 Å². The van der Waals surface area contributed by atoms with Crippen LogP contribution in [0.3, 0.4) is 0 Å². The third kappa shape index (κ3) is 5.59. The largest absolute Gasteiger partial charge is 0.511 e. The lowest BCUT2D eigenvalue weighted by Gasteiger charge is -2.26. The average molecular weight is 505 g/mol. The molecule has 0 radical (unpaired) electrons. The molecule has 11 nitrogen and oxygen atoms in total. The fraction of sp³-hybridized carbons (Fsp3) is 0.583. The molecule has 4 rings (SSSR count). The van der Waals surface area contributed by atoms with E-state index >= 15 is 4.39 Å². The van der Waals surface area contributed by atoms with Crippen molar-refractivity contribution < 1.29 is 23.8 Å². The molecule has 36 heavy (non-hydrogen) atoms. The maximum absolute atomic E-state index is 15.2. The number of halogens is 1. The SMILES string of the molecule is CC1(CNC(=O)C(N)CCCCN)CCN(c2nc3c(cc2F)c(=O)c(OC(=O)O)cn3C2CC2)C1. The van der Waals surface area contributed by atoms with Crippen molar-refractivity contribution in [3.05, 3.63) is 28.3 Å². The minimum Gasteiger partial charge on any atom is -0.449 e. The number of rotatable bonds is 10. The van der Waals surface area contributed by atoms with Gasteiger partial charge in [-0.1, -0.05) is 13.3 Å². The van der Waals surface area contributed by atoms with E-state index in [1.54, 1.807) is 4.57 Å². The summed E-state index contributed by atoms with van der Waals surface area (Å²) in [4.78, 5) is 42.5. The van der Waals surface area contributed by atoms with Gasteiger partial charge in [0.05, 0.1) is 17.6 Å². The number of aromatic nitrogens is 2. The van der Waals surface area contributed by atoms with Crippen molar-refractivity contribution in [1.29, 1.82) is 0 Å². The maximum atomic E-state index is 15.2. The van der Waals surface area contributed by atoms with Crippen LogP contribution in [-0.4, -0.2) is 58.9 Å². The Kier molecular flexibility index (Phi) is 7.46. The summed E-state index contributed by atoms with van der Waals surface area (Å²) < 4.78 is 21.5. The van der Waals surface area contributed by atoms with Gasteiger partial charge in [0.2, 0.25) is 11.3 Å². The van der Waals surface area contributed by atoms with Crippen molar-refractivity contribution >= 4 is 28.9 Å². The lowest BCUT2D eigenvalue weighted by molar-refractivity contribution is -0.122. The molecule has 6 N–H and O–H groups in total. The van der Waals surface area contributed by atoms with Crippen molar-refractivity contribution in [3.63, 3.8) is 0 Å². The van der Waals surface area contributed by atoms with E-state index in [2.05, 4.69) is 15.0 Å². The Morgan fingerprint density at radius 1 is 1.39 bits per heavy atom. The lowest BCUT2D eigenvalue weighted by Crippen LogP contribution is -2.45. The van der Waals surface area contributed by atoms with Gasteiger partial charge in [0.15, 0.2) is 17.4 Å². The number of carbonyl (C=O) groups excluding carboxylic acids is 1. The minimum absolute atomic E-state index is 0.0280. The first-order valence-electron chi connectivity index (χ1n) is 12.3. The second-order valence-corrected chi connectivity index (χ2v) is 10.1. The summed E-state index contributed by atoms with van der Waals surface area (Å²) >= 11 is 0. The first-order valence-corrected chi connectivity index (χ1v) is 12.3. The zero-order valence-corrected chi connectivity index (χ0v) is 20.3. The first kappa shape index (κ1) is 25.8. The predicted molar refractivity (Wildman–Crippen MR) is 132 cm³/mol. The number of ether oxygens (including phenoxy) is 1. The average Bonchev–Trinajstić information content (AvgIpc) is 3.60. The predicted octanol–water partition coefficient (Wildman–Crippen LogP) is 1.72. The van der Waals surface area contributed by atoms with Gasteiger partial charge >= 0.3 is 6.16 Å². The molecule has 2 unspecified atom stereocenters. The van der Waals surface area contributed by atoms with E-state index in [1.807, 2.05) is 11.8 Å². The number of anilines is 1. The Morgan fingerprint density at radius 3 is 2.81 bits per heavy atom. The van der Waals surface area contributed by atoms with Crippen molar-refractivity contribution in [1.82, 2.24) is 14.9 Å². The molecule has 0 aromatic carbocycles. The van der Waals surface area contributed by atoms with Crippen LogP contribution in [0.2, 0.25) is 0 Å². The van der Waals surface area contributed by atoms with E-state index in [4.69, 9.17) is 16.6 Å². The molecule has 196 valence electrons. The highest BCUT2D eigenvalue weighted by Crippen LogP contribution is 2.39. The molecule has 2 aliphatic rings. The third-order valence-electron chi connectivity index (χ3n) is 6.90. The van der Waals surface area contributed by atoms with Gasteiger partial charge < -0.3 is 36.1 Å². The summed E-state index contributed by atoms with van der Waals surface area (Å²) in [5.74, 6) is -1.14. The van der Waals surface area contributed by atoms with E-state index in [0.717, 1.165) is 31.7 Å². The molecule has 0 bridgehead atoms. The Morgan fingerprint density at radius 2 is 2.14 bits per heavy atom. The van der Waals surface area contributed by atoms with Crippen LogP contribution in [0.15, 0.2) is 17.1 Å². The zero-order chi connectivity index (χ0) is 26.0. The van der Waals surface area contributed by atoms with E-state index < -0.39 is 23.4 Å². The van der Waals surface area contributed by atoms with Gasteiger partial charge in [0, 0.05) is 31.1 Å². The topological polar surface area (TPSA) is 166 Å². The number of amides is 1. The highest BCUT2D eigenvalue weighted by Gasteiger charge is 2.37. The van der Waals surface area contributed by atoms with E-state index in [1.165, 1.54) is 6.20 Å². The van der Waals surface area contributed by atoms with Crippen LogP contribution < -0.4 is 31.8 Å². The first-order chi connectivity index (χ1) is 17.1. The van der Waals surface area contributed by atoms with E-state index in [0.29, 0.717) is 44.7 Å². The molecule has 2 atom stereocenters. The highest BCUT2D eigenvalue weighted by atomic mass is 19.1. The van der Waals surface area contributed by atoms with Crippen molar-refractivity contribution in [3.8, 4) is 5.75 Å². The molecular weight excluding hydrogens is 471 g/mol. The Bertz CT molecular complexity index is 1220. The quantitative estimate of drug-likeness (QED) is 0.278. The lowest BCUT2D eigenvalue weighted by atomic mass is 9.89. The van der Waals surface area contributed by atoms with Gasteiger partial charge in [-0.05, 0) is 44.7 Å². The molecule has 1 saturated carbocycles. The Labute approximate surface area is 207 Å². The summed E-state index contributed by atoms with van der Waals surface area (Å²) in [6, 6.07) is 0.556. The Balaban J connectivity index is 1.52.